The molecule has 234 valence electrons. The Kier molecular flexibility index (Phi) is 9.16. The van der Waals surface area contributed by atoms with E-state index in [1.807, 2.05) is 111 Å². The van der Waals surface area contributed by atoms with Gasteiger partial charge in [-0.15, -0.1) is 0 Å². The zero-order valence-corrected chi connectivity index (χ0v) is 26.3. The third-order valence-corrected chi connectivity index (χ3v) is 8.02. The summed E-state index contributed by atoms with van der Waals surface area (Å²) in [4.78, 5) is 28.6. The van der Waals surface area contributed by atoms with Gasteiger partial charge >= 0.3 is 6.09 Å². The molecule has 4 heterocycles. The number of pyridine rings is 2. The molecule has 0 aliphatic carbocycles. The molecule has 0 atom stereocenters. The molecule has 0 bridgehead atoms. The van der Waals surface area contributed by atoms with Gasteiger partial charge in [0.1, 0.15) is 18.8 Å². The van der Waals surface area contributed by atoms with E-state index >= 15 is 0 Å². The second-order valence-electron chi connectivity index (χ2n) is 12.5. The number of nitrogens with zero attached hydrogens (tertiary/aromatic N) is 5. The Morgan fingerprint density at radius 3 is 2.04 bits per heavy atom. The quantitative estimate of drug-likeness (QED) is 0.228. The molecule has 2 aromatic carbocycles. The number of rotatable bonds is 9. The van der Waals surface area contributed by atoms with Crippen molar-refractivity contribution in [2.75, 3.05) is 44.2 Å². The maximum absolute atomic E-state index is 12.4. The van der Waals surface area contributed by atoms with E-state index in [0.29, 0.717) is 44.1 Å². The van der Waals surface area contributed by atoms with Crippen molar-refractivity contribution < 1.29 is 19.0 Å². The first-order chi connectivity index (χ1) is 21.8. The van der Waals surface area contributed by atoms with Gasteiger partial charge < -0.3 is 24.0 Å². The smallest absolute Gasteiger partial charge is 0.410 e. The lowest BCUT2D eigenvalue weighted by Gasteiger charge is -2.49. The Balaban J connectivity index is 1.07. The van der Waals surface area contributed by atoms with Crippen molar-refractivity contribution in [2.24, 2.45) is 0 Å². The van der Waals surface area contributed by atoms with Gasteiger partial charge in [0.15, 0.2) is 0 Å². The molecular formula is C36H41N5O4. The molecule has 4 aromatic rings. The number of aromatic nitrogens is 2. The summed E-state index contributed by atoms with van der Waals surface area (Å²) >= 11 is 0. The molecule has 0 unspecified atom stereocenters. The van der Waals surface area contributed by atoms with E-state index in [2.05, 4.69) is 15.9 Å². The van der Waals surface area contributed by atoms with Gasteiger partial charge in [-0.05, 0) is 50.1 Å². The Hall–Kier alpha value is -4.63. The third kappa shape index (κ3) is 7.91. The van der Waals surface area contributed by atoms with Crippen LogP contribution in [0.25, 0.3) is 11.3 Å². The van der Waals surface area contributed by atoms with Crippen molar-refractivity contribution in [2.45, 2.75) is 45.6 Å². The number of piperazine rings is 1. The lowest BCUT2D eigenvalue weighted by Crippen LogP contribution is -2.63. The van der Waals surface area contributed by atoms with Crippen LogP contribution < -0.4 is 14.4 Å². The molecule has 9 heteroatoms. The summed E-state index contributed by atoms with van der Waals surface area (Å²) in [5.41, 5.74) is 4.35. The van der Waals surface area contributed by atoms with Crippen LogP contribution in [0, 0.1) is 0 Å². The van der Waals surface area contributed by atoms with E-state index in [1.54, 1.807) is 0 Å². The second kappa shape index (κ2) is 13.6. The number of hydrogen-bond donors (Lipinski definition) is 0. The number of amides is 1. The van der Waals surface area contributed by atoms with E-state index in [1.165, 1.54) is 0 Å². The third-order valence-electron chi connectivity index (χ3n) is 8.02. The molecule has 0 saturated carbocycles. The molecule has 1 amide bonds. The Labute approximate surface area is 265 Å². The molecule has 2 saturated heterocycles. The Bertz CT molecular complexity index is 1550. The average molecular weight is 608 g/mol. The molecule has 45 heavy (non-hydrogen) atoms. The molecular weight excluding hydrogens is 566 g/mol. The summed E-state index contributed by atoms with van der Waals surface area (Å²) in [6.07, 6.45) is 1.70. The summed E-state index contributed by atoms with van der Waals surface area (Å²) in [6, 6.07) is 28.5. The standard InChI is InChI=1S/C36H41N5O4/c1-36(2,3)45-35(42)40-20-18-39(19-21-40)30-23-41(24-30)29-14-16-32(37-22-29)31-15-17-33(43-25-27-10-6-4-7-11-27)38-34(31)44-26-28-12-8-5-9-13-28/h4-17,22,30H,18-21,23-26H2,1-3H3. The SMILES string of the molecule is CC(C)(C)OC(=O)N1CCN(C2CN(c3ccc(-c4ccc(OCc5ccccc5)nc4OCc4ccccc4)nc3)C2)CC1. The van der Waals surface area contributed by atoms with Gasteiger partial charge in [-0.25, -0.2) is 4.79 Å². The number of benzene rings is 2. The topological polar surface area (TPSA) is 80.3 Å². The van der Waals surface area contributed by atoms with Gasteiger partial charge in [-0.2, -0.15) is 4.98 Å². The predicted octanol–water partition coefficient (Wildman–Crippen LogP) is 6.04. The molecule has 2 aliphatic rings. The number of anilines is 1. The van der Waals surface area contributed by atoms with Crippen LogP contribution in [-0.4, -0.2) is 76.8 Å². The lowest BCUT2D eigenvalue weighted by molar-refractivity contribution is 0.00876. The lowest BCUT2D eigenvalue weighted by atomic mass is 10.0. The normalized spacial score (nSPS) is 15.8. The zero-order chi connectivity index (χ0) is 31.2. The maximum atomic E-state index is 12.4. The number of carbonyl (C=O) groups is 1. The molecule has 2 aliphatic heterocycles. The molecule has 6 rings (SSSR count). The minimum Gasteiger partial charge on any atom is -0.473 e. The Morgan fingerprint density at radius 1 is 0.800 bits per heavy atom. The fourth-order valence-corrected chi connectivity index (χ4v) is 5.49. The van der Waals surface area contributed by atoms with Crippen LogP contribution in [0.1, 0.15) is 31.9 Å². The highest BCUT2D eigenvalue weighted by molar-refractivity contribution is 5.68. The van der Waals surface area contributed by atoms with Crippen LogP contribution in [0.4, 0.5) is 10.5 Å². The fraction of sp³-hybridized carbons (Fsp3) is 0.361. The molecule has 2 fully saturated rings. The van der Waals surface area contributed by atoms with Crippen LogP contribution in [0.15, 0.2) is 91.1 Å². The molecule has 2 aromatic heterocycles. The first-order valence-corrected chi connectivity index (χ1v) is 15.6. The van der Waals surface area contributed by atoms with Crippen LogP contribution >= 0.6 is 0 Å². The Morgan fingerprint density at radius 2 is 1.44 bits per heavy atom. The van der Waals surface area contributed by atoms with Crippen LogP contribution in [0.2, 0.25) is 0 Å². The van der Waals surface area contributed by atoms with Gasteiger partial charge in [-0.1, -0.05) is 60.7 Å². The summed E-state index contributed by atoms with van der Waals surface area (Å²) in [7, 11) is 0. The summed E-state index contributed by atoms with van der Waals surface area (Å²) in [6.45, 7) is 11.5. The number of carbonyl (C=O) groups excluding carboxylic acids is 1. The highest BCUT2D eigenvalue weighted by Crippen LogP contribution is 2.32. The summed E-state index contributed by atoms with van der Waals surface area (Å²) in [5.74, 6) is 0.986. The highest BCUT2D eigenvalue weighted by atomic mass is 16.6. The van der Waals surface area contributed by atoms with Crippen molar-refractivity contribution in [1.82, 2.24) is 19.8 Å². The predicted molar refractivity (Wildman–Crippen MR) is 174 cm³/mol. The summed E-state index contributed by atoms with van der Waals surface area (Å²) < 4.78 is 17.8. The average Bonchev–Trinajstić information content (AvgIpc) is 3.03. The molecule has 0 N–H and O–H groups in total. The number of ether oxygens (including phenoxy) is 3. The van der Waals surface area contributed by atoms with E-state index in [-0.39, 0.29) is 6.09 Å². The van der Waals surface area contributed by atoms with Gasteiger partial charge in [0.2, 0.25) is 11.8 Å². The van der Waals surface area contributed by atoms with Gasteiger partial charge in [-0.3, -0.25) is 9.88 Å². The van der Waals surface area contributed by atoms with Crippen molar-refractivity contribution in [1.29, 1.82) is 0 Å². The van der Waals surface area contributed by atoms with Gasteiger partial charge in [0, 0.05) is 51.4 Å². The summed E-state index contributed by atoms with van der Waals surface area (Å²) in [5, 5.41) is 0. The van der Waals surface area contributed by atoms with Crippen molar-refractivity contribution >= 4 is 11.8 Å². The second-order valence-corrected chi connectivity index (χ2v) is 12.5. The van der Waals surface area contributed by atoms with Crippen LogP contribution in [-0.2, 0) is 18.0 Å². The highest BCUT2D eigenvalue weighted by Gasteiger charge is 2.35. The first kappa shape index (κ1) is 30.4. The van der Waals surface area contributed by atoms with E-state index < -0.39 is 5.60 Å². The van der Waals surface area contributed by atoms with E-state index in [0.717, 1.165) is 54.3 Å². The maximum Gasteiger partial charge on any atom is 0.410 e. The molecule has 0 radical (unpaired) electrons. The largest absolute Gasteiger partial charge is 0.473 e. The molecule has 0 spiro atoms. The monoisotopic (exact) mass is 607 g/mol. The fourth-order valence-electron chi connectivity index (χ4n) is 5.49. The van der Waals surface area contributed by atoms with Crippen molar-refractivity contribution in [3.63, 3.8) is 0 Å². The van der Waals surface area contributed by atoms with Crippen LogP contribution in [0.3, 0.4) is 0 Å². The molecule has 9 nitrogen and oxygen atoms in total. The van der Waals surface area contributed by atoms with Crippen LogP contribution in [0.5, 0.6) is 11.8 Å². The van der Waals surface area contributed by atoms with Gasteiger partial charge in [0.25, 0.3) is 0 Å². The minimum absolute atomic E-state index is 0.221. The number of hydrogen-bond acceptors (Lipinski definition) is 8. The van der Waals surface area contributed by atoms with Gasteiger partial charge in [0.05, 0.1) is 23.1 Å². The van der Waals surface area contributed by atoms with E-state index in [9.17, 15) is 4.79 Å². The van der Waals surface area contributed by atoms with E-state index in [4.69, 9.17) is 24.2 Å². The zero-order valence-electron chi connectivity index (χ0n) is 26.3. The first-order valence-electron chi connectivity index (χ1n) is 15.6. The van der Waals surface area contributed by atoms with Crippen molar-refractivity contribution in [3.8, 4) is 23.0 Å². The van der Waals surface area contributed by atoms with Crippen molar-refractivity contribution in [3.05, 3.63) is 102 Å². The minimum atomic E-state index is -0.472.